The van der Waals surface area contributed by atoms with Gasteiger partial charge >= 0.3 is 5.97 Å². The first-order chi connectivity index (χ1) is 15.2. The van der Waals surface area contributed by atoms with E-state index < -0.39 is 16.0 Å². The number of esters is 1. The molecule has 1 N–H and O–H groups in total. The molecule has 172 valence electrons. The molecule has 1 amide bonds. The molecule has 0 aliphatic carbocycles. The van der Waals surface area contributed by atoms with E-state index in [2.05, 4.69) is 5.32 Å². The van der Waals surface area contributed by atoms with Crippen LogP contribution >= 0.6 is 0 Å². The lowest BCUT2D eigenvalue weighted by molar-refractivity contribution is -0.116. The standard InChI is InChI=1S/C22H26N2O7S/c1-4-29-22(26)17-7-5-8-18(15(17)2)23-21(25)9-6-12-24(32(3,27)28)16-10-11-19-20(13-16)31-14-30-19/h5,7-8,10-11,13H,4,6,9,12,14H2,1-3H3,(H,23,25). The van der Waals surface area contributed by atoms with Crippen LogP contribution in [0.15, 0.2) is 36.4 Å². The van der Waals surface area contributed by atoms with Gasteiger partial charge in [-0.2, -0.15) is 0 Å². The molecule has 3 rings (SSSR count). The van der Waals surface area contributed by atoms with E-state index in [0.29, 0.717) is 40.4 Å². The van der Waals surface area contributed by atoms with Crippen molar-refractivity contribution in [2.75, 3.05) is 35.8 Å². The normalized spacial score (nSPS) is 12.3. The van der Waals surface area contributed by atoms with Gasteiger partial charge in [0.15, 0.2) is 11.5 Å². The second-order valence-electron chi connectivity index (χ2n) is 7.22. The molecule has 9 nitrogen and oxygen atoms in total. The lowest BCUT2D eigenvalue weighted by atomic mass is 10.1. The SMILES string of the molecule is CCOC(=O)c1cccc(NC(=O)CCCN(c2ccc3c(c2)OCO3)S(C)(=O)=O)c1C. The summed E-state index contributed by atoms with van der Waals surface area (Å²) >= 11 is 0. The van der Waals surface area contributed by atoms with E-state index in [4.69, 9.17) is 14.2 Å². The van der Waals surface area contributed by atoms with Crippen molar-refractivity contribution in [1.82, 2.24) is 0 Å². The molecular weight excluding hydrogens is 436 g/mol. The van der Waals surface area contributed by atoms with E-state index in [-0.39, 0.29) is 32.3 Å². The first kappa shape index (κ1) is 23.4. The summed E-state index contributed by atoms with van der Waals surface area (Å²) in [5.74, 6) is 0.301. The average molecular weight is 463 g/mol. The zero-order chi connectivity index (χ0) is 23.3. The molecule has 2 aromatic carbocycles. The molecule has 0 radical (unpaired) electrons. The van der Waals surface area contributed by atoms with Gasteiger partial charge in [0.25, 0.3) is 0 Å². The maximum atomic E-state index is 12.5. The van der Waals surface area contributed by atoms with Gasteiger partial charge in [0.2, 0.25) is 22.7 Å². The Bertz CT molecular complexity index is 1120. The van der Waals surface area contributed by atoms with Crippen molar-refractivity contribution in [3.8, 4) is 11.5 Å². The fourth-order valence-corrected chi connectivity index (χ4v) is 4.28. The van der Waals surface area contributed by atoms with Crippen LogP contribution in [0.5, 0.6) is 11.5 Å². The summed E-state index contributed by atoms with van der Waals surface area (Å²) in [7, 11) is -3.57. The van der Waals surface area contributed by atoms with Crippen molar-refractivity contribution in [2.24, 2.45) is 0 Å². The van der Waals surface area contributed by atoms with Gasteiger partial charge in [-0.05, 0) is 50.1 Å². The Morgan fingerprint density at radius 2 is 1.91 bits per heavy atom. The number of hydrogen-bond donors (Lipinski definition) is 1. The highest BCUT2D eigenvalue weighted by Crippen LogP contribution is 2.36. The summed E-state index contributed by atoms with van der Waals surface area (Å²) in [6.07, 6.45) is 1.51. The summed E-state index contributed by atoms with van der Waals surface area (Å²) in [6, 6.07) is 9.90. The summed E-state index contributed by atoms with van der Waals surface area (Å²) in [5, 5.41) is 2.78. The number of hydrogen-bond acceptors (Lipinski definition) is 7. The third-order valence-electron chi connectivity index (χ3n) is 4.91. The van der Waals surface area contributed by atoms with E-state index in [1.54, 1.807) is 50.2 Å². The second-order valence-corrected chi connectivity index (χ2v) is 9.13. The number of nitrogens with zero attached hydrogens (tertiary/aromatic N) is 1. The topological polar surface area (TPSA) is 111 Å². The predicted octanol–water partition coefficient (Wildman–Crippen LogP) is 3.09. The molecule has 0 saturated heterocycles. The van der Waals surface area contributed by atoms with Crippen molar-refractivity contribution < 1.29 is 32.2 Å². The fourth-order valence-electron chi connectivity index (χ4n) is 3.32. The minimum absolute atomic E-state index is 0.0919. The molecule has 0 bridgehead atoms. The predicted molar refractivity (Wildman–Crippen MR) is 120 cm³/mol. The van der Waals surface area contributed by atoms with Crippen LogP contribution in [0.2, 0.25) is 0 Å². The highest BCUT2D eigenvalue weighted by Gasteiger charge is 2.22. The molecular formula is C22H26N2O7S. The van der Waals surface area contributed by atoms with Crippen LogP contribution in [0.4, 0.5) is 11.4 Å². The van der Waals surface area contributed by atoms with Gasteiger partial charge in [-0.3, -0.25) is 9.10 Å². The molecule has 0 aromatic heterocycles. The highest BCUT2D eigenvalue weighted by atomic mass is 32.2. The van der Waals surface area contributed by atoms with Gasteiger partial charge in [-0.1, -0.05) is 6.07 Å². The van der Waals surface area contributed by atoms with Gasteiger partial charge in [-0.15, -0.1) is 0 Å². The number of carbonyl (C=O) groups excluding carboxylic acids is 2. The quantitative estimate of drug-likeness (QED) is 0.570. The first-order valence-electron chi connectivity index (χ1n) is 10.1. The molecule has 0 saturated carbocycles. The number of amides is 1. The van der Waals surface area contributed by atoms with E-state index in [1.165, 1.54) is 4.31 Å². The Balaban J connectivity index is 1.63. The Hall–Kier alpha value is -3.27. The first-order valence-corrected chi connectivity index (χ1v) is 12.0. The Morgan fingerprint density at radius 3 is 2.62 bits per heavy atom. The van der Waals surface area contributed by atoms with Crippen LogP contribution in [-0.2, 0) is 19.6 Å². The number of rotatable bonds is 9. The number of carbonyl (C=O) groups is 2. The molecule has 0 fully saturated rings. The number of ether oxygens (including phenoxy) is 3. The van der Waals surface area contributed by atoms with Crippen molar-refractivity contribution in [3.05, 3.63) is 47.5 Å². The molecule has 1 aliphatic heterocycles. The number of nitrogens with one attached hydrogen (secondary N) is 1. The molecule has 0 spiro atoms. The minimum atomic E-state index is -3.57. The average Bonchev–Trinajstić information content (AvgIpc) is 3.20. The van der Waals surface area contributed by atoms with E-state index in [0.717, 1.165) is 6.26 Å². The van der Waals surface area contributed by atoms with Crippen molar-refractivity contribution in [3.63, 3.8) is 0 Å². The zero-order valence-corrected chi connectivity index (χ0v) is 19.0. The fraction of sp³-hybridized carbons (Fsp3) is 0.364. The van der Waals surface area contributed by atoms with Crippen LogP contribution in [-0.4, -0.2) is 46.5 Å². The second kappa shape index (κ2) is 9.90. The van der Waals surface area contributed by atoms with Gasteiger partial charge in [-0.25, -0.2) is 13.2 Å². The number of benzene rings is 2. The lowest BCUT2D eigenvalue weighted by Crippen LogP contribution is -2.31. The highest BCUT2D eigenvalue weighted by molar-refractivity contribution is 7.92. The van der Waals surface area contributed by atoms with Crippen LogP contribution < -0.4 is 19.1 Å². The maximum Gasteiger partial charge on any atom is 0.338 e. The molecule has 0 atom stereocenters. The molecule has 2 aromatic rings. The molecule has 1 aliphatic rings. The van der Waals surface area contributed by atoms with Crippen LogP contribution in [0.25, 0.3) is 0 Å². The molecule has 10 heteroatoms. The summed E-state index contributed by atoms with van der Waals surface area (Å²) in [5.41, 5.74) is 1.94. The van der Waals surface area contributed by atoms with Crippen LogP contribution in [0.1, 0.15) is 35.7 Å². The lowest BCUT2D eigenvalue weighted by Gasteiger charge is -2.22. The maximum absolute atomic E-state index is 12.5. The van der Waals surface area contributed by atoms with Gasteiger partial charge in [0, 0.05) is 24.7 Å². The summed E-state index contributed by atoms with van der Waals surface area (Å²) in [6.45, 7) is 3.92. The zero-order valence-electron chi connectivity index (χ0n) is 18.2. The van der Waals surface area contributed by atoms with Gasteiger partial charge in [0.1, 0.15) is 0 Å². The van der Waals surface area contributed by atoms with Gasteiger partial charge < -0.3 is 19.5 Å². The van der Waals surface area contributed by atoms with Crippen LogP contribution in [0.3, 0.4) is 0 Å². The minimum Gasteiger partial charge on any atom is -0.462 e. The Morgan fingerprint density at radius 1 is 1.16 bits per heavy atom. The summed E-state index contributed by atoms with van der Waals surface area (Å²) < 4.78 is 41.5. The third-order valence-corrected chi connectivity index (χ3v) is 6.11. The van der Waals surface area contributed by atoms with Crippen LogP contribution in [0, 0.1) is 6.92 Å². The van der Waals surface area contributed by atoms with E-state index in [9.17, 15) is 18.0 Å². The smallest absolute Gasteiger partial charge is 0.338 e. The van der Waals surface area contributed by atoms with E-state index >= 15 is 0 Å². The summed E-state index contributed by atoms with van der Waals surface area (Å²) in [4.78, 5) is 24.5. The number of sulfonamides is 1. The van der Waals surface area contributed by atoms with Crippen molar-refractivity contribution in [2.45, 2.75) is 26.7 Å². The molecule has 32 heavy (non-hydrogen) atoms. The molecule has 1 heterocycles. The van der Waals surface area contributed by atoms with Gasteiger partial charge in [0.05, 0.1) is 24.1 Å². The Labute approximate surface area is 187 Å². The molecule has 0 unspecified atom stereocenters. The van der Waals surface area contributed by atoms with Crippen molar-refractivity contribution >= 4 is 33.3 Å². The number of anilines is 2. The Kier molecular flexibility index (Phi) is 7.24. The largest absolute Gasteiger partial charge is 0.462 e. The third kappa shape index (κ3) is 5.50. The van der Waals surface area contributed by atoms with E-state index in [1.807, 2.05) is 0 Å². The van der Waals surface area contributed by atoms with Crippen molar-refractivity contribution in [1.29, 1.82) is 0 Å². The number of fused-ring (bicyclic) bond motifs is 1. The monoisotopic (exact) mass is 462 g/mol.